The van der Waals surface area contributed by atoms with Crippen molar-refractivity contribution in [3.63, 3.8) is 0 Å². The third-order valence-electron chi connectivity index (χ3n) is 13.0. The lowest BCUT2D eigenvalue weighted by molar-refractivity contribution is -0.119. The van der Waals surface area contributed by atoms with Crippen molar-refractivity contribution in [3.8, 4) is 22.5 Å². The largest absolute Gasteiger partial charge is 0.361 e. The predicted octanol–water partition coefficient (Wildman–Crippen LogP) is 11.3. The SMILES string of the molecule is [C-]#[N+]c1ccc2c(-c3nc(N[C@H]4CCC[C@@H]4N)ncc3C)cn(COCC[Si](C)(C)C)c2c1.[C-]#[N+]c1ccc2c(-c3nc(N[C@H]4CCC[C@@H]4NC(C)=O)ncc3C)cn(COCC[Si](C)(C)C)c2c1. The van der Waals surface area contributed by atoms with Crippen LogP contribution in [0.2, 0.25) is 51.4 Å². The second-order valence-corrected chi connectivity index (χ2v) is 32.4. The van der Waals surface area contributed by atoms with Crippen LogP contribution in [0.25, 0.3) is 54.0 Å². The van der Waals surface area contributed by atoms with Crippen LogP contribution in [0.15, 0.2) is 61.2 Å². The number of ether oxygens (including phenoxy) is 2. The second-order valence-electron chi connectivity index (χ2n) is 21.1. The number of carbonyl (C=O) groups is 1. The Kier molecular flexibility index (Phi) is 16.4. The molecule has 2 aliphatic rings. The summed E-state index contributed by atoms with van der Waals surface area (Å²) < 4.78 is 16.3. The first-order valence-electron chi connectivity index (χ1n) is 24.3. The van der Waals surface area contributed by atoms with Gasteiger partial charge in [0.1, 0.15) is 13.5 Å². The van der Waals surface area contributed by atoms with Gasteiger partial charge < -0.3 is 40.3 Å². The fraction of sp³-hybridized carbons (Fsp3) is 0.481. The van der Waals surface area contributed by atoms with Crippen molar-refractivity contribution in [3.05, 3.63) is 95.1 Å². The number of aryl methyl sites for hydroxylation is 2. The first kappa shape index (κ1) is 50.9. The van der Waals surface area contributed by atoms with Crippen LogP contribution in [0.5, 0.6) is 0 Å². The molecule has 8 rings (SSSR count). The summed E-state index contributed by atoms with van der Waals surface area (Å²) in [5.74, 6) is 1.16. The van der Waals surface area contributed by atoms with E-state index in [1.54, 1.807) is 6.92 Å². The first-order valence-corrected chi connectivity index (χ1v) is 31.7. The predicted molar refractivity (Wildman–Crippen MR) is 284 cm³/mol. The number of nitrogens with zero attached hydrogens (tertiary/aromatic N) is 8. The molecule has 4 heterocycles. The zero-order chi connectivity index (χ0) is 49.5. The Morgan fingerprint density at radius 2 is 1.16 bits per heavy atom. The maximum Gasteiger partial charge on any atom is 0.223 e. The van der Waals surface area contributed by atoms with E-state index in [2.05, 4.69) is 96.4 Å². The average molecular weight is 967 g/mol. The van der Waals surface area contributed by atoms with Gasteiger partial charge in [-0.15, -0.1) is 0 Å². The molecule has 69 heavy (non-hydrogen) atoms. The van der Waals surface area contributed by atoms with Crippen LogP contribution in [0.3, 0.4) is 0 Å². The fourth-order valence-corrected chi connectivity index (χ4v) is 10.5. The number of benzene rings is 2. The quantitative estimate of drug-likeness (QED) is 0.0392. The van der Waals surface area contributed by atoms with Crippen LogP contribution in [0, 0.1) is 27.0 Å². The zero-order valence-corrected chi connectivity index (χ0v) is 43.9. The molecule has 0 spiro atoms. The van der Waals surface area contributed by atoms with E-state index < -0.39 is 16.1 Å². The molecule has 5 N–H and O–H groups in total. The smallest absolute Gasteiger partial charge is 0.223 e. The summed E-state index contributed by atoms with van der Waals surface area (Å²) in [4.78, 5) is 37.7. The van der Waals surface area contributed by atoms with Crippen LogP contribution in [0.4, 0.5) is 23.3 Å². The highest BCUT2D eigenvalue weighted by Crippen LogP contribution is 2.36. The Hall–Kier alpha value is -5.96. The fourth-order valence-electron chi connectivity index (χ4n) is 9.01. The minimum absolute atomic E-state index is 0.0159. The van der Waals surface area contributed by atoms with E-state index in [1.165, 1.54) is 0 Å². The van der Waals surface area contributed by atoms with Crippen molar-refractivity contribution < 1.29 is 14.3 Å². The lowest BCUT2D eigenvalue weighted by atomic mass is 10.1. The minimum atomic E-state index is -1.18. The standard InChI is InChI=1S/C27H36N6O2Si.C25H34N6OSi/c1-18-15-29-27(31-24-9-7-8-23(24)30-19(2)34)32-26(18)22-16-33(17-35-12-13-36(4,5)6)25-14-20(28-3)10-11-21(22)25;1-17-14-28-25(29-22-8-6-7-21(22)26)30-24(17)20-15-31(16-32-11-12-33(3,4)5)23-13-18(27-2)9-10-19(20)23/h10-11,14-16,23-24H,7-9,12-13,17H2,1-2,4-6H3,(H,30,34)(H,29,31,32);9-10,13-15,21-22H,6-8,11-12,16,26H2,1,3-5H3,(H,28,29,30)/t23-,24-;21-,22-/m00/s1. The molecule has 15 nitrogen and oxygen atoms in total. The lowest BCUT2D eigenvalue weighted by Crippen LogP contribution is -2.42. The summed E-state index contributed by atoms with van der Waals surface area (Å²) in [5, 5.41) is 12.0. The molecule has 4 atom stereocenters. The number of rotatable bonds is 17. The summed E-state index contributed by atoms with van der Waals surface area (Å²) in [7, 11) is -2.33. The summed E-state index contributed by atoms with van der Waals surface area (Å²) in [6, 6.07) is 14.3. The van der Waals surface area contributed by atoms with Gasteiger partial charge in [-0.2, -0.15) is 0 Å². The highest BCUT2D eigenvalue weighted by molar-refractivity contribution is 6.76. The monoisotopic (exact) mass is 967 g/mol. The average Bonchev–Trinajstić information content (AvgIpc) is 4.10. The Labute approximate surface area is 409 Å². The van der Waals surface area contributed by atoms with Gasteiger partial charge in [-0.05, 0) is 87.7 Å². The third-order valence-corrected chi connectivity index (χ3v) is 16.4. The van der Waals surface area contributed by atoms with E-state index in [0.717, 1.165) is 119 Å². The molecule has 17 heteroatoms. The Bertz CT molecular complexity index is 2850. The molecule has 1 amide bonds. The molecule has 0 aliphatic heterocycles. The number of carbonyl (C=O) groups excluding carboxylic acids is 1. The van der Waals surface area contributed by atoms with Crippen molar-refractivity contribution in [2.24, 2.45) is 5.73 Å². The van der Waals surface area contributed by atoms with Crippen LogP contribution in [-0.4, -0.2) is 88.5 Å². The topological polar surface area (TPSA) is 168 Å². The van der Waals surface area contributed by atoms with E-state index in [0.29, 0.717) is 36.7 Å². The van der Waals surface area contributed by atoms with E-state index in [9.17, 15) is 4.79 Å². The van der Waals surface area contributed by atoms with E-state index in [-0.39, 0.29) is 30.1 Å². The third kappa shape index (κ3) is 13.2. The number of fused-ring (bicyclic) bond motifs is 2. The highest BCUT2D eigenvalue weighted by atomic mass is 28.3. The van der Waals surface area contributed by atoms with Gasteiger partial charge in [-0.25, -0.2) is 29.6 Å². The van der Waals surface area contributed by atoms with Crippen molar-refractivity contribution in [1.82, 2.24) is 34.4 Å². The normalized spacial score (nSPS) is 18.1. The van der Waals surface area contributed by atoms with Gasteiger partial charge in [0.05, 0.1) is 24.5 Å². The molecule has 6 aromatic rings. The number of amides is 1. The maximum absolute atomic E-state index is 11.6. The molecule has 2 fully saturated rings. The van der Waals surface area contributed by atoms with Crippen LogP contribution >= 0.6 is 0 Å². The number of aromatic nitrogens is 6. The number of hydrogen-bond acceptors (Lipinski definition) is 10. The van der Waals surface area contributed by atoms with Crippen LogP contribution in [0.1, 0.15) is 56.6 Å². The molecule has 364 valence electrons. The molecule has 2 saturated carbocycles. The van der Waals surface area contributed by atoms with Gasteiger partial charge in [0.25, 0.3) is 0 Å². The first-order chi connectivity index (χ1) is 32.9. The molecule has 0 unspecified atom stereocenters. The molecular formula is C52H70N12O3Si2. The van der Waals surface area contributed by atoms with Crippen molar-refractivity contribution >= 4 is 67.1 Å². The summed E-state index contributed by atoms with van der Waals surface area (Å²) in [6.07, 6.45) is 14.0. The number of nitrogens with one attached hydrogen (secondary N) is 3. The number of anilines is 2. The van der Waals surface area contributed by atoms with E-state index >= 15 is 0 Å². The molecule has 2 aromatic carbocycles. The number of hydrogen-bond donors (Lipinski definition) is 4. The van der Waals surface area contributed by atoms with E-state index in [1.807, 2.05) is 62.6 Å². The molecule has 4 aromatic heterocycles. The molecular weight excluding hydrogens is 897 g/mol. The Balaban J connectivity index is 0.000000205. The van der Waals surface area contributed by atoms with Gasteiger partial charge in [0.2, 0.25) is 17.8 Å². The molecule has 0 bridgehead atoms. The van der Waals surface area contributed by atoms with Crippen LogP contribution < -0.4 is 21.7 Å². The van der Waals surface area contributed by atoms with Crippen molar-refractivity contribution in [1.29, 1.82) is 0 Å². The zero-order valence-electron chi connectivity index (χ0n) is 41.9. The maximum atomic E-state index is 11.6. The van der Waals surface area contributed by atoms with Gasteiger partial charge in [-0.1, -0.05) is 63.5 Å². The van der Waals surface area contributed by atoms with Crippen molar-refractivity contribution in [2.45, 2.75) is 148 Å². The summed E-state index contributed by atoms with van der Waals surface area (Å²) >= 11 is 0. The lowest BCUT2D eigenvalue weighted by Gasteiger charge is -2.22. The highest BCUT2D eigenvalue weighted by Gasteiger charge is 2.29. The van der Waals surface area contributed by atoms with Crippen LogP contribution in [-0.2, 0) is 27.7 Å². The number of nitrogens with two attached hydrogens (primary N) is 1. The Morgan fingerprint density at radius 1 is 0.710 bits per heavy atom. The van der Waals surface area contributed by atoms with Gasteiger partial charge in [-0.3, -0.25) is 4.79 Å². The van der Waals surface area contributed by atoms with Crippen molar-refractivity contribution in [2.75, 3.05) is 23.8 Å². The summed E-state index contributed by atoms with van der Waals surface area (Å²) in [5.41, 5.74) is 15.1. The molecule has 0 saturated heterocycles. The van der Waals surface area contributed by atoms with Gasteiger partial charge >= 0.3 is 0 Å². The minimum Gasteiger partial charge on any atom is -0.361 e. The van der Waals surface area contributed by atoms with E-state index in [4.69, 9.17) is 38.3 Å². The van der Waals surface area contributed by atoms with Gasteiger partial charge in [0.15, 0.2) is 11.4 Å². The second kappa shape index (κ2) is 22.2. The summed E-state index contributed by atoms with van der Waals surface area (Å²) in [6.45, 7) is 36.9. The van der Waals surface area contributed by atoms with Gasteiger partial charge in [0, 0.05) is 118 Å². The molecule has 0 radical (unpaired) electrons. The molecule has 2 aliphatic carbocycles. The Morgan fingerprint density at radius 3 is 1.59 bits per heavy atom.